The number of piperazine rings is 1. The topological polar surface area (TPSA) is 97.8 Å². The molecule has 1 saturated heterocycles. The van der Waals surface area contributed by atoms with E-state index in [1.807, 2.05) is 0 Å². The summed E-state index contributed by atoms with van der Waals surface area (Å²) in [4.78, 5) is 29.0. The number of aryl methyl sites for hydroxylation is 1. The number of fused-ring (bicyclic) bond motifs is 1. The zero-order valence-electron chi connectivity index (χ0n) is 20.4. The second-order valence-corrected chi connectivity index (χ2v) is 8.41. The monoisotopic (exact) mass is 482 g/mol. The summed E-state index contributed by atoms with van der Waals surface area (Å²) in [6.45, 7) is 6.55. The van der Waals surface area contributed by atoms with Gasteiger partial charge >= 0.3 is 6.09 Å². The number of aromatic hydroxyl groups is 1. The molecule has 2 aromatic carbocycles. The highest BCUT2D eigenvalue weighted by atomic mass is 16.6. The van der Waals surface area contributed by atoms with Gasteiger partial charge in [-0.25, -0.2) is 4.79 Å². The molecule has 9 nitrogen and oxygen atoms in total. The number of methoxy groups -OCH3 is 2. The number of rotatable bonds is 6. The van der Waals surface area contributed by atoms with Gasteiger partial charge in [0.2, 0.25) is 5.78 Å². The third kappa shape index (κ3) is 4.90. The van der Waals surface area contributed by atoms with Gasteiger partial charge in [0.05, 0.1) is 32.0 Å². The summed E-state index contributed by atoms with van der Waals surface area (Å²) in [5.41, 5.74) is 2.31. The Hall–Kier alpha value is -3.72. The molecule has 0 atom stereocenters. The number of phenolic OH excluding ortho intramolecular Hbond substituents is 1. The van der Waals surface area contributed by atoms with Gasteiger partial charge in [0, 0.05) is 44.4 Å². The highest BCUT2D eigenvalue weighted by Crippen LogP contribution is 2.43. The Morgan fingerprint density at radius 3 is 2.54 bits per heavy atom. The van der Waals surface area contributed by atoms with Crippen molar-refractivity contribution in [1.82, 2.24) is 9.80 Å². The molecule has 2 aromatic rings. The van der Waals surface area contributed by atoms with E-state index in [0.717, 1.165) is 0 Å². The van der Waals surface area contributed by atoms with Crippen LogP contribution in [0.2, 0.25) is 0 Å². The zero-order chi connectivity index (χ0) is 25.1. The summed E-state index contributed by atoms with van der Waals surface area (Å²) in [5.74, 6) is 1.54. The molecule has 2 aliphatic heterocycles. The largest absolute Gasteiger partial charge is 0.507 e. The average Bonchev–Trinajstić information content (AvgIpc) is 3.18. The molecule has 1 N–H and O–H groups in total. The predicted octanol–water partition coefficient (Wildman–Crippen LogP) is 3.61. The molecule has 0 radical (unpaired) electrons. The van der Waals surface area contributed by atoms with E-state index in [0.29, 0.717) is 78.8 Å². The second-order valence-electron chi connectivity index (χ2n) is 8.41. The molecule has 4 rings (SSSR count). The van der Waals surface area contributed by atoms with Gasteiger partial charge in [0.25, 0.3) is 0 Å². The van der Waals surface area contributed by atoms with Crippen LogP contribution in [0.1, 0.15) is 34.0 Å². The molecule has 9 heteroatoms. The normalized spacial score (nSPS) is 16.7. The SMILES string of the molecule is CCOC(=O)N1CCN(Cc2c(O)cc(C)c3c2O/C(=C/c2ccc(OC)cc2OC)C3=O)CC1. The molecule has 1 amide bonds. The van der Waals surface area contributed by atoms with Crippen molar-refractivity contribution in [2.75, 3.05) is 47.0 Å². The van der Waals surface area contributed by atoms with Crippen LogP contribution in [0.15, 0.2) is 30.0 Å². The average molecular weight is 483 g/mol. The Morgan fingerprint density at radius 1 is 1.14 bits per heavy atom. The predicted molar refractivity (Wildman–Crippen MR) is 129 cm³/mol. The number of ketones is 1. The van der Waals surface area contributed by atoms with Gasteiger partial charge < -0.3 is 29.0 Å². The summed E-state index contributed by atoms with van der Waals surface area (Å²) in [6.07, 6.45) is 1.32. The number of benzene rings is 2. The number of amides is 1. The maximum atomic E-state index is 13.3. The number of allylic oxidation sites excluding steroid dienone is 1. The molecule has 186 valence electrons. The van der Waals surface area contributed by atoms with Gasteiger partial charge in [-0.15, -0.1) is 0 Å². The Kier molecular flexibility index (Phi) is 7.16. The van der Waals surface area contributed by atoms with Gasteiger partial charge in [-0.2, -0.15) is 0 Å². The minimum absolute atomic E-state index is 0.0742. The summed E-state index contributed by atoms with van der Waals surface area (Å²) in [7, 11) is 3.12. The highest BCUT2D eigenvalue weighted by molar-refractivity contribution is 6.16. The van der Waals surface area contributed by atoms with Gasteiger partial charge in [0.1, 0.15) is 23.0 Å². The molecule has 1 fully saturated rings. The fraction of sp³-hybridized carbons (Fsp3) is 0.385. The van der Waals surface area contributed by atoms with Crippen LogP contribution in [0, 0.1) is 6.92 Å². The number of carbonyl (C=O) groups excluding carboxylic acids is 2. The van der Waals surface area contributed by atoms with Crippen LogP contribution < -0.4 is 14.2 Å². The first-order valence-electron chi connectivity index (χ1n) is 11.5. The summed E-state index contributed by atoms with van der Waals surface area (Å²) >= 11 is 0. The van der Waals surface area contributed by atoms with Crippen molar-refractivity contribution in [2.45, 2.75) is 20.4 Å². The summed E-state index contributed by atoms with van der Waals surface area (Å²) < 4.78 is 21.8. The quantitative estimate of drug-likeness (QED) is 0.624. The minimum atomic E-state index is -0.316. The summed E-state index contributed by atoms with van der Waals surface area (Å²) in [6, 6.07) is 6.90. The third-order valence-corrected chi connectivity index (χ3v) is 6.23. The van der Waals surface area contributed by atoms with Crippen molar-refractivity contribution in [2.24, 2.45) is 0 Å². The summed E-state index contributed by atoms with van der Waals surface area (Å²) in [5, 5.41) is 10.7. The Bertz CT molecular complexity index is 1170. The second kappa shape index (κ2) is 10.3. The van der Waals surface area contributed by atoms with Gasteiger partial charge in [-0.3, -0.25) is 9.69 Å². The van der Waals surface area contributed by atoms with Crippen molar-refractivity contribution in [1.29, 1.82) is 0 Å². The number of nitrogens with zero attached hydrogens (tertiary/aromatic N) is 2. The number of ether oxygens (including phenoxy) is 4. The number of phenols is 1. The smallest absolute Gasteiger partial charge is 0.409 e. The van der Waals surface area contributed by atoms with Crippen molar-refractivity contribution >= 4 is 18.0 Å². The number of carbonyl (C=O) groups is 2. The van der Waals surface area contributed by atoms with Crippen molar-refractivity contribution in [3.63, 3.8) is 0 Å². The molecule has 0 unspecified atom stereocenters. The number of Topliss-reactive ketones (excluding diaryl/α,β-unsaturated/α-hetero) is 1. The molecule has 2 aliphatic rings. The van der Waals surface area contributed by atoms with E-state index in [1.54, 1.807) is 63.3 Å². The van der Waals surface area contributed by atoms with Crippen LogP contribution >= 0.6 is 0 Å². The molecule has 2 heterocycles. The molecular formula is C26H30N2O7. The Balaban J connectivity index is 1.58. The van der Waals surface area contributed by atoms with Gasteiger partial charge in [0.15, 0.2) is 5.76 Å². The maximum absolute atomic E-state index is 13.3. The molecule has 0 spiro atoms. The lowest BCUT2D eigenvalue weighted by atomic mass is 9.99. The van der Waals surface area contributed by atoms with Crippen molar-refractivity contribution < 1.29 is 33.6 Å². The highest BCUT2D eigenvalue weighted by Gasteiger charge is 2.34. The van der Waals surface area contributed by atoms with Crippen LogP contribution in [0.4, 0.5) is 4.79 Å². The molecular weight excluding hydrogens is 452 g/mol. The minimum Gasteiger partial charge on any atom is -0.507 e. The molecule has 35 heavy (non-hydrogen) atoms. The van der Waals surface area contributed by atoms with Crippen LogP contribution in [-0.4, -0.2) is 73.8 Å². The van der Waals surface area contributed by atoms with Crippen molar-refractivity contribution in [3.05, 3.63) is 52.3 Å². The lowest BCUT2D eigenvalue weighted by molar-refractivity contribution is 0.0774. The Labute approximate surface area is 204 Å². The van der Waals surface area contributed by atoms with Crippen LogP contribution in [0.25, 0.3) is 6.08 Å². The molecule has 0 aromatic heterocycles. The molecule has 0 aliphatic carbocycles. The molecule has 0 bridgehead atoms. The first-order valence-corrected chi connectivity index (χ1v) is 11.5. The van der Waals surface area contributed by atoms with Crippen LogP contribution in [0.3, 0.4) is 0 Å². The van der Waals surface area contributed by atoms with E-state index in [2.05, 4.69) is 4.90 Å². The van der Waals surface area contributed by atoms with E-state index < -0.39 is 0 Å². The third-order valence-electron chi connectivity index (χ3n) is 6.23. The van der Waals surface area contributed by atoms with Gasteiger partial charge in [-0.1, -0.05) is 0 Å². The van der Waals surface area contributed by atoms with Crippen LogP contribution in [0.5, 0.6) is 23.0 Å². The fourth-order valence-corrected chi connectivity index (χ4v) is 4.34. The molecule has 0 saturated carbocycles. The van der Waals surface area contributed by atoms with E-state index in [-0.39, 0.29) is 23.4 Å². The van der Waals surface area contributed by atoms with E-state index >= 15 is 0 Å². The van der Waals surface area contributed by atoms with E-state index in [4.69, 9.17) is 18.9 Å². The van der Waals surface area contributed by atoms with E-state index in [1.165, 1.54) is 0 Å². The zero-order valence-corrected chi connectivity index (χ0v) is 20.4. The lowest BCUT2D eigenvalue weighted by Gasteiger charge is -2.34. The first kappa shape index (κ1) is 24.4. The fourth-order valence-electron chi connectivity index (χ4n) is 4.34. The van der Waals surface area contributed by atoms with Crippen LogP contribution in [-0.2, 0) is 11.3 Å². The Morgan fingerprint density at radius 2 is 1.89 bits per heavy atom. The standard InChI is InChI=1S/C26H30N2O7/c1-5-34-26(31)28-10-8-27(9-11-28)15-19-20(29)12-16(2)23-24(30)22(35-25(19)23)13-17-6-7-18(32-3)14-21(17)33-4/h6-7,12-14,29H,5,8-11,15H2,1-4H3/b22-13+. The number of hydrogen-bond donors (Lipinski definition) is 1. The number of hydrogen-bond acceptors (Lipinski definition) is 8. The van der Waals surface area contributed by atoms with E-state index in [9.17, 15) is 14.7 Å². The maximum Gasteiger partial charge on any atom is 0.409 e. The first-order chi connectivity index (χ1) is 16.9. The van der Waals surface area contributed by atoms with Gasteiger partial charge in [-0.05, 0) is 43.7 Å². The van der Waals surface area contributed by atoms with Crippen molar-refractivity contribution in [3.8, 4) is 23.0 Å². The lowest BCUT2D eigenvalue weighted by Crippen LogP contribution is -2.48.